The molecule has 0 aliphatic carbocycles. The van der Waals surface area contributed by atoms with Crippen LogP contribution in [0.2, 0.25) is 0 Å². The lowest BCUT2D eigenvalue weighted by atomic mass is 10.1. The molecule has 0 spiro atoms. The highest BCUT2D eigenvalue weighted by Crippen LogP contribution is 2.23. The number of H-pyrrole nitrogens is 1. The van der Waals surface area contributed by atoms with Gasteiger partial charge in [0.05, 0.1) is 12.1 Å². The van der Waals surface area contributed by atoms with Gasteiger partial charge < -0.3 is 10.2 Å². The van der Waals surface area contributed by atoms with Crippen LogP contribution < -0.4 is 10.2 Å². The molecule has 2 aromatic rings. The molecule has 1 amide bonds. The number of anilines is 1. The van der Waals surface area contributed by atoms with Crippen molar-refractivity contribution < 1.29 is 4.79 Å². The molecule has 2 N–H and O–H groups in total. The van der Waals surface area contributed by atoms with Crippen LogP contribution in [0.25, 0.3) is 0 Å². The molecular formula is C18H25N5O. The number of aromatic nitrogens is 3. The summed E-state index contributed by atoms with van der Waals surface area (Å²) in [6, 6.07) is 6.41. The smallest absolute Gasteiger partial charge is 0.224 e. The summed E-state index contributed by atoms with van der Waals surface area (Å²) in [4.78, 5) is 19.2. The summed E-state index contributed by atoms with van der Waals surface area (Å²) >= 11 is 0. The Labute approximate surface area is 142 Å². The summed E-state index contributed by atoms with van der Waals surface area (Å²) < 4.78 is 0. The number of amides is 1. The van der Waals surface area contributed by atoms with Crippen LogP contribution in [0.3, 0.4) is 0 Å². The Morgan fingerprint density at radius 1 is 1.38 bits per heavy atom. The summed E-state index contributed by atoms with van der Waals surface area (Å²) in [5, 5.41) is 10.2. The van der Waals surface area contributed by atoms with Crippen LogP contribution >= 0.6 is 0 Å². The second kappa shape index (κ2) is 7.03. The topological polar surface area (TPSA) is 73.9 Å². The largest absolute Gasteiger partial charge is 0.354 e. The number of rotatable bonds is 5. The highest BCUT2D eigenvalue weighted by Gasteiger charge is 2.26. The van der Waals surface area contributed by atoms with Crippen molar-refractivity contribution in [1.82, 2.24) is 20.5 Å². The first-order valence-electron chi connectivity index (χ1n) is 8.52. The van der Waals surface area contributed by atoms with Gasteiger partial charge in [-0.25, -0.2) is 4.98 Å². The van der Waals surface area contributed by atoms with Gasteiger partial charge in [-0.05, 0) is 45.7 Å². The van der Waals surface area contributed by atoms with Crippen LogP contribution in [0.5, 0.6) is 0 Å². The van der Waals surface area contributed by atoms with E-state index in [-0.39, 0.29) is 5.91 Å². The maximum atomic E-state index is 12.3. The minimum atomic E-state index is 0.0478. The van der Waals surface area contributed by atoms with E-state index in [0.29, 0.717) is 19.0 Å². The van der Waals surface area contributed by atoms with Gasteiger partial charge >= 0.3 is 0 Å². The van der Waals surface area contributed by atoms with Gasteiger partial charge in [-0.15, -0.1) is 0 Å². The van der Waals surface area contributed by atoms with Crippen molar-refractivity contribution in [2.45, 2.75) is 46.1 Å². The van der Waals surface area contributed by atoms with E-state index in [0.717, 1.165) is 47.8 Å². The molecule has 0 unspecified atom stereocenters. The number of hydrogen-bond acceptors (Lipinski definition) is 4. The Kier molecular flexibility index (Phi) is 4.83. The van der Waals surface area contributed by atoms with Gasteiger partial charge in [-0.2, -0.15) is 5.10 Å². The average Bonchev–Trinajstić information content (AvgIpc) is 3.15. The fourth-order valence-corrected chi connectivity index (χ4v) is 3.33. The maximum Gasteiger partial charge on any atom is 0.224 e. The molecule has 0 bridgehead atoms. The molecule has 1 aliphatic rings. The van der Waals surface area contributed by atoms with Crippen molar-refractivity contribution in [2.24, 2.45) is 0 Å². The zero-order valence-corrected chi connectivity index (χ0v) is 14.6. The molecule has 3 rings (SSSR count). The van der Waals surface area contributed by atoms with Crippen LogP contribution in [-0.4, -0.2) is 40.2 Å². The minimum absolute atomic E-state index is 0.0478. The Morgan fingerprint density at radius 2 is 2.21 bits per heavy atom. The highest BCUT2D eigenvalue weighted by molar-refractivity contribution is 5.79. The van der Waals surface area contributed by atoms with Gasteiger partial charge in [-0.3, -0.25) is 9.89 Å². The molecule has 0 radical (unpaired) electrons. The van der Waals surface area contributed by atoms with E-state index in [1.807, 2.05) is 39.0 Å². The molecule has 1 aliphatic heterocycles. The van der Waals surface area contributed by atoms with Gasteiger partial charge in [0.2, 0.25) is 5.91 Å². The van der Waals surface area contributed by atoms with Crippen LogP contribution in [-0.2, 0) is 11.2 Å². The molecule has 1 fully saturated rings. The van der Waals surface area contributed by atoms with Crippen LogP contribution in [0.4, 0.5) is 5.82 Å². The Balaban J connectivity index is 1.58. The predicted octanol–water partition coefficient (Wildman–Crippen LogP) is 2.06. The molecule has 2 aromatic heterocycles. The van der Waals surface area contributed by atoms with E-state index < -0.39 is 0 Å². The van der Waals surface area contributed by atoms with E-state index >= 15 is 0 Å². The zero-order chi connectivity index (χ0) is 17.1. The summed E-state index contributed by atoms with van der Waals surface area (Å²) in [7, 11) is 0. The molecule has 6 heteroatoms. The lowest BCUT2D eigenvalue weighted by molar-refractivity contribution is -0.120. The summed E-state index contributed by atoms with van der Waals surface area (Å²) in [6.07, 6.45) is 2.60. The third-order valence-corrected chi connectivity index (χ3v) is 4.70. The number of hydrogen-bond donors (Lipinski definition) is 2. The monoisotopic (exact) mass is 327 g/mol. The van der Waals surface area contributed by atoms with Crippen LogP contribution in [0.1, 0.15) is 35.5 Å². The number of aromatic amines is 1. The lowest BCUT2D eigenvalue weighted by Crippen LogP contribution is -2.41. The lowest BCUT2D eigenvalue weighted by Gasteiger charge is -2.26. The first kappa shape index (κ1) is 16.5. The number of nitrogens with one attached hydrogen (secondary N) is 2. The molecule has 0 aromatic carbocycles. The number of aryl methyl sites for hydroxylation is 3. The number of carbonyl (C=O) groups is 1. The van der Waals surface area contributed by atoms with Crippen molar-refractivity contribution in [3.63, 3.8) is 0 Å². The Morgan fingerprint density at radius 3 is 2.92 bits per heavy atom. The quantitative estimate of drug-likeness (QED) is 0.881. The van der Waals surface area contributed by atoms with E-state index in [1.165, 1.54) is 0 Å². The molecule has 0 saturated carbocycles. The van der Waals surface area contributed by atoms with Crippen molar-refractivity contribution in [3.8, 4) is 0 Å². The highest BCUT2D eigenvalue weighted by atomic mass is 16.1. The zero-order valence-electron chi connectivity index (χ0n) is 14.6. The first-order valence-corrected chi connectivity index (χ1v) is 8.52. The molecular weight excluding hydrogens is 302 g/mol. The summed E-state index contributed by atoms with van der Waals surface area (Å²) in [6.45, 7) is 7.53. The molecule has 6 nitrogen and oxygen atoms in total. The summed E-state index contributed by atoms with van der Waals surface area (Å²) in [5.74, 6) is 1.06. The molecule has 3 heterocycles. The van der Waals surface area contributed by atoms with E-state index in [2.05, 4.69) is 25.4 Å². The normalized spacial score (nSPS) is 17.3. The molecule has 1 atom stereocenters. The SMILES string of the molecule is Cc1cccc(N2CCC[C@H]2CNC(=O)Cc2c(C)n[nH]c2C)n1. The van der Waals surface area contributed by atoms with E-state index in [4.69, 9.17) is 0 Å². The van der Waals surface area contributed by atoms with Crippen LogP contribution in [0.15, 0.2) is 18.2 Å². The number of pyridine rings is 1. The molecule has 128 valence electrons. The predicted molar refractivity (Wildman–Crippen MR) is 94.1 cm³/mol. The molecule has 1 saturated heterocycles. The number of carbonyl (C=O) groups excluding carboxylic acids is 1. The van der Waals surface area contributed by atoms with Gasteiger partial charge in [0.1, 0.15) is 5.82 Å². The van der Waals surface area contributed by atoms with E-state index in [1.54, 1.807) is 0 Å². The minimum Gasteiger partial charge on any atom is -0.354 e. The standard InChI is InChI=1S/C18H25N5O/c1-12-6-4-8-17(20-12)23-9-5-7-15(23)11-19-18(24)10-16-13(2)21-22-14(16)3/h4,6,8,15H,5,7,9-11H2,1-3H3,(H,19,24)(H,21,22)/t15-/m0/s1. The van der Waals surface area contributed by atoms with Gasteiger partial charge in [0.25, 0.3) is 0 Å². The van der Waals surface area contributed by atoms with E-state index in [9.17, 15) is 4.79 Å². The second-order valence-corrected chi connectivity index (χ2v) is 6.52. The first-order chi connectivity index (χ1) is 11.5. The van der Waals surface area contributed by atoms with Crippen molar-refractivity contribution >= 4 is 11.7 Å². The maximum absolute atomic E-state index is 12.3. The fourth-order valence-electron chi connectivity index (χ4n) is 3.33. The third kappa shape index (κ3) is 3.58. The fraction of sp³-hybridized carbons (Fsp3) is 0.500. The third-order valence-electron chi connectivity index (χ3n) is 4.70. The van der Waals surface area contributed by atoms with Crippen molar-refractivity contribution in [1.29, 1.82) is 0 Å². The average molecular weight is 327 g/mol. The van der Waals surface area contributed by atoms with Crippen molar-refractivity contribution in [2.75, 3.05) is 18.0 Å². The Hall–Kier alpha value is -2.37. The van der Waals surface area contributed by atoms with Gasteiger partial charge in [0, 0.05) is 36.1 Å². The van der Waals surface area contributed by atoms with Gasteiger partial charge in [-0.1, -0.05) is 6.07 Å². The molecule has 24 heavy (non-hydrogen) atoms. The van der Waals surface area contributed by atoms with Gasteiger partial charge in [0.15, 0.2) is 0 Å². The van der Waals surface area contributed by atoms with Crippen molar-refractivity contribution in [3.05, 3.63) is 40.8 Å². The second-order valence-electron chi connectivity index (χ2n) is 6.52. The Bertz CT molecular complexity index is 704. The summed E-state index contributed by atoms with van der Waals surface area (Å²) in [5.41, 5.74) is 3.88. The van der Waals surface area contributed by atoms with Crippen LogP contribution in [0, 0.1) is 20.8 Å². The number of nitrogens with zero attached hydrogens (tertiary/aromatic N) is 3.